The van der Waals surface area contributed by atoms with Gasteiger partial charge in [0.1, 0.15) is 5.54 Å². The Kier molecular flexibility index (Phi) is 2.70. The fourth-order valence-electron chi connectivity index (χ4n) is 1.81. The first-order chi connectivity index (χ1) is 7.44. The van der Waals surface area contributed by atoms with Crippen LogP contribution >= 0.6 is 15.9 Å². The third kappa shape index (κ3) is 1.94. The number of rotatable bonds is 3. The van der Waals surface area contributed by atoms with Crippen LogP contribution in [0.5, 0.6) is 0 Å². The topological polar surface area (TPSA) is 49.3 Å². The number of nitrogens with one attached hydrogen (secondary N) is 1. The predicted octanol–water partition coefficient (Wildman–Crippen LogP) is 3.10. The molecule has 16 heavy (non-hydrogen) atoms. The van der Waals surface area contributed by atoms with Crippen molar-refractivity contribution in [3.63, 3.8) is 0 Å². The van der Waals surface area contributed by atoms with E-state index in [9.17, 15) is 4.79 Å². The smallest absolute Gasteiger partial charge is 0.329 e. The van der Waals surface area contributed by atoms with Gasteiger partial charge in [0.05, 0.1) is 0 Å². The van der Waals surface area contributed by atoms with Crippen molar-refractivity contribution in [2.24, 2.45) is 0 Å². The molecule has 1 aliphatic rings. The molecular weight excluding hydrogens is 270 g/mol. The van der Waals surface area contributed by atoms with E-state index in [1.807, 2.05) is 26.0 Å². The van der Waals surface area contributed by atoms with Gasteiger partial charge < -0.3 is 10.4 Å². The molecule has 1 aliphatic carbocycles. The number of carboxylic acids is 1. The summed E-state index contributed by atoms with van der Waals surface area (Å²) in [5.74, 6) is -0.759. The molecule has 1 aromatic rings. The maximum atomic E-state index is 11.1. The van der Waals surface area contributed by atoms with Crippen LogP contribution in [0.1, 0.15) is 24.0 Å². The van der Waals surface area contributed by atoms with Gasteiger partial charge in [-0.1, -0.05) is 15.9 Å². The van der Waals surface area contributed by atoms with E-state index in [1.54, 1.807) is 0 Å². The van der Waals surface area contributed by atoms with Crippen LogP contribution in [-0.4, -0.2) is 16.6 Å². The molecule has 1 saturated carbocycles. The van der Waals surface area contributed by atoms with Crippen molar-refractivity contribution in [2.75, 3.05) is 5.32 Å². The van der Waals surface area contributed by atoms with Gasteiger partial charge in [0.2, 0.25) is 0 Å². The Labute approximate surface area is 103 Å². The number of halogens is 1. The van der Waals surface area contributed by atoms with Gasteiger partial charge >= 0.3 is 5.97 Å². The summed E-state index contributed by atoms with van der Waals surface area (Å²) in [6.07, 6.45) is 1.41. The quantitative estimate of drug-likeness (QED) is 0.896. The van der Waals surface area contributed by atoms with Crippen molar-refractivity contribution in [2.45, 2.75) is 32.2 Å². The first-order valence-electron chi connectivity index (χ1n) is 5.23. The standard InChI is InChI=1S/C12H14BrNO2/c1-7-5-9(6-8(2)10(7)13)14-12(3-4-12)11(15)16/h5-6,14H,3-4H2,1-2H3,(H,15,16). The van der Waals surface area contributed by atoms with Crippen LogP contribution in [0.15, 0.2) is 16.6 Å². The second-order valence-electron chi connectivity index (χ2n) is 4.44. The Hall–Kier alpha value is -1.03. The zero-order chi connectivity index (χ0) is 11.9. The lowest BCUT2D eigenvalue weighted by Crippen LogP contribution is -2.31. The second kappa shape index (κ2) is 3.77. The van der Waals surface area contributed by atoms with E-state index >= 15 is 0 Å². The normalized spacial score (nSPS) is 16.9. The molecule has 86 valence electrons. The summed E-state index contributed by atoms with van der Waals surface area (Å²) in [5.41, 5.74) is 2.40. The minimum absolute atomic E-state index is 0.705. The summed E-state index contributed by atoms with van der Waals surface area (Å²) < 4.78 is 1.08. The molecule has 0 aliphatic heterocycles. The maximum absolute atomic E-state index is 11.1. The van der Waals surface area contributed by atoms with Crippen LogP contribution in [-0.2, 0) is 4.79 Å². The van der Waals surface area contributed by atoms with E-state index < -0.39 is 11.5 Å². The molecule has 0 bridgehead atoms. The van der Waals surface area contributed by atoms with Crippen molar-refractivity contribution >= 4 is 27.6 Å². The Bertz CT molecular complexity index is 429. The van der Waals surface area contributed by atoms with Gasteiger partial charge in [0, 0.05) is 10.2 Å². The van der Waals surface area contributed by atoms with Gasteiger partial charge in [-0.3, -0.25) is 0 Å². The predicted molar refractivity (Wildman–Crippen MR) is 66.8 cm³/mol. The lowest BCUT2D eigenvalue weighted by molar-refractivity contribution is -0.138. The highest BCUT2D eigenvalue weighted by atomic mass is 79.9. The SMILES string of the molecule is Cc1cc(NC2(C(=O)O)CC2)cc(C)c1Br. The van der Waals surface area contributed by atoms with Crippen LogP contribution in [0.25, 0.3) is 0 Å². The molecule has 0 aromatic heterocycles. The second-order valence-corrected chi connectivity index (χ2v) is 5.23. The summed E-state index contributed by atoms with van der Waals surface area (Å²) in [7, 11) is 0. The molecule has 0 atom stereocenters. The fourth-order valence-corrected chi connectivity index (χ4v) is 2.04. The van der Waals surface area contributed by atoms with Crippen LogP contribution in [0.3, 0.4) is 0 Å². The van der Waals surface area contributed by atoms with Crippen molar-refractivity contribution in [3.05, 3.63) is 27.7 Å². The molecule has 0 radical (unpaired) electrons. The number of aliphatic carboxylic acids is 1. The highest BCUT2D eigenvalue weighted by Crippen LogP contribution is 2.40. The van der Waals surface area contributed by atoms with Crippen molar-refractivity contribution in [3.8, 4) is 0 Å². The molecule has 0 unspecified atom stereocenters. The summed E-state index contributed by atoms with van der Waals surface area (Å²) in [6, 6.07) is 3.94. The van der Waals surface area contributed by atoms with Crippen LogP contribution in [0, 0.1) is 13.8 Å². The molecule has 0 amide bonds. The third-order valence-corrected chi connectivity index (χ3v) is 4.23. The highest BCUT2D eigenvalue weighted by Gasteiger charge is 2.50. The molecule has 3 nitrogen and oxygen atoms in total. The van der Waals surface area contributed by atoms with Crippen LogP contribution < -0.4 is 5.32 Å². The first-order valence-corrected chi connectivity index (χ1v) is 6.02. The van der Waals surface area contributed by atoms with E-state index in [0.717, 1.165) is 21.3 Å². The lowest BCUT2D eigenvalue weighted by Gasteiger charge is -2.16. The minimum Gasteiger partial charge on any atom is -0.480 e. The molecule has 1 aromatic carbocycles. The Morgan fingerprint density at radius 3 is 2.25 bits per heavy atom. The Morgan fingerprint density at radius 2 is 1.88 bits per heavy atom. The summed E-state index contributed by atoms with van der Waals surface area (Å²) in [5, 5.41) is 12.2. The number of benzene rings is 1. The number of carbonyl (C=O) groups is 1. The van der Waals surface area contributed by atoms with Gasteiger partial charge in [-0.2, -0.15) is 0 Å². The first kappa shape index (κ1) is 11.5. The molecule has 0 saturated heterocycles. The van der Waals surface area contributed by atoms with Crippen molar-refractivity contribution < 1.29 is 9.90 Å². The Balaban J connectivity index is 2.26. The highest BCUT2D eigenvalue weighted by molar-refractivity contribution is 9.10. The number of anilines is 1. The number of carboxylic acid groups (broad SMARTS) is 1. The zero-order valence-electron chi connectivity index (χ0n) is 9.30. The molecule has 1 fully saturated rings. The zero-order valence-corrected chi connectivity index (χ0v) is 10.9. The average Bonchev–Trinajstić information content (AvgIpc) is 2.95. The monoisotopic (exact) mass is 283 g/mol. The van der Waals surface area contributed by atoms with Gasteiger partial charge in [0.25, 0.3) is 0 Å². The number of aryl methyl sites for hydroxylation is 2. The van der Waals surface area contributed by atoms with E-state index in [4.69, 9.17) is 5.11 Å². The summed E-state index contributed by atoms with van der Waals surface area (Å²) in [6.45, 7) is 4.01. The van der Waals surface area contributed by atoms with Gasteiger partial charge in [-0.15, -0.1) is 0 Å². The van der Waals surface area contributed by atoms with Gasteiger partial charge in [-0.25, -0.2) is 4.79 Å². The van der Waals surface area contributed by atoms with Crippen LogP contribution in [0.4, 0.5) is 5.69 Å². The number of hydrogen-bond acceptors (Lipinski definition) is 2. The number of hydrogen-bond donors (Lipinski definition) is 2. The van der Waals surface area contributed by atoms with E-state index in [-0.39, 0.29) is 0 Å². The largest absolute Gasteiger partial charge is 0.480 e. The summed E-state index contributed by atoms with van der Waals surface area (Å²) >= 11 is 3.49. The van der Waals surface area contributed by atoms with E-state index in [1.165, 1.54) is 0 Å². The molecular formula is C12H14BrNO2. The van der Waals surface area contributed by atoms with Gasteiger partial charge in [-0.05, 0) is 49.9 Å². The molecule has 2 rings (SSSR count). The minimum atomic E-state index is -0.759. The molecule has 4 heteroatoms. The maximum Gasteiger partial charge on any atom is 0.329 e. The van der Waals surface area contributed by atoms with Gasteiger partial charge in [0.15, 0.2) is 0 Å². The summed E-state index contributed by atoms with van der Waals surface area (Å²) in [4.78, 5) is 11.1. The third-order valence-electron chi connectivity index (χ3n) is 2.98. The van der Waals surface area contributed by atoms with Crippen molar-refractivity contribution in [1.29, 1.82) is 0 Å². The fraction of sp³-hybridized carbons (Fsp3) is 0.417. The van der Waals surface area contributed by atoms with Crippen LogP contribution in [0.2, 0.25) is 0 Å². The molecule has 0 spiro atoms. The van der Waals surface area contributed by atoms with Crippen molar-refractivity contribution in [1.82, 2.24) is 0 Å². The Morgan fingerprint density at radius 1 is 1.38 bits per heavy atom. The average molecular weight is 284 g/mol. The van der Waals surface area contributed by atoms with E-state index in [2.05, 4.69) is 21.2 Å². The molecule has 2 N–H and O–H groups in total. The van der Waals surface area contributed by atoms with E-state index in [0.29, 0.717) is 12.8 Å². The molecule has 0 heterocycles. The lowest BCUT2D eigenvalue weighted by atomic mass is 10.1.